The number of hydrogen-bond donors (Lipinski definition) is 1. The molecule has 2 aromatic heterocycles. The number of nitriles is 1. The van der Waals surface area contributed by atoms with Gasteiger partial charge in [-0.05, 0) is 88.1 Å². The topological polar surface area (TPSA) is 84.1 Å². The van der Waals surface area contributed by atoms with Gasteiger partial charge in [-0.15, -0.1) is 11.3 Å². The normalized spacial score (nSPS) is 11.3. The van der Waals surface area contributed by atoms with Crippen LogP contribution < -0.4 is 5.32 Å². The third-order valence-electron chi connectivity index (χ3n) is 5.86. The number of amides is 1. The van der Waals surface area contributed by atoms with Gasteiger partial charge in [0.15, 0.2) is 0 Å². The smallest absolute Gasteiger partial charge is 0.341 e. The zero-order valence-electron chi connectivity index (χ0n) is 19.9. The SMILES string of the molecule is COC(=O)c1c(-n2c(C)cc(/C=C(\C#N)C(=O)Nc3ccc(C)c(C)c3)c2C)sc(C)c1C. The molecule has 6 nitrogen and oxygen atoms in total. The van der Waals surface area contributed by atoms with Gasteiger partial charge >= 0.3 is 5.97 Å². The minimum Gasteiger partial charge on any atom is -0.465 e. The molecule has 1 amide bonds. The van der Waals surface area contributed by atoms with Crippen LogP contribution >= 0.6 is 11.3 Å². The van der Waals surface area contributed by atoms with Crippen molar-refractivity contribution in [2.24, 2.45) is 0 Å². The van der Waals surface area contributed by atoms with Crippen LogP contribution in [0.4, 0.5) is 5.69 Å². The number of hydrogen-bond acceptors (Lipinski definition) is 5. The number of ether oxygens (including phenoxy) is 1. The van der Waals surface area contributed by atoms with Crippen LogP contribution in [-0.4, -0.2) is 23.6 Å². The first-order valence-corrected chi connectivity index (χ1v) is 11.3. The summed E-state index contributed by atoms with van der Waals surface area (Å²) in [6.07, 6.45) is 1.58. The summed E-state index contributed by atoms with van der Waals surface area (Å²) in [5.74, 6) is -0.856. The highest BCUT2D eigenvalue weighted by molar-refractivity contribution is 7.15. The zero-order valence-corrected chi connectivity index (χ0v) is 20.7. The Balaban J connectivity index is 2.02. The lowest BCUT2D eigenvalue weighted by Crippen LogP contribution is -2.13. The van der Waals surface area contributed by atoms with E-state index in [2.05, 4.69) is 5.32 Å². The molecule has 33 heavy (non-hydrogen) atoms. The van der Waals surface area contributed by atoms with Gasteiger partial charge in [-0.25, -0.2) is 4.79 Å². The average Bonchev–Trinajstić information content (AvgIpc) is 3.22. The number of anilines is 1. The van der Waals surface area contributed by atoms with Crippen LogP contribution in [0.1, 0.15) is 48.9 Å². The molecule has 2 heterocycles. The van der Waals surface area contributed by atoms with Crippen molar-refractivity contribution in [1.29, 1.82) is 5.26 Å². The largest absolute Gasteiger partial charge is 0.465 e. The number of rotatable bonds is 5. The van der Waals surface area contributed by atoms with E-state index in [1.807, 2.05) is 76.4 Å². The summed E-state index contributed by atoms with van der Waals surface area (Å²) in [7, 11) is 1.37. The summed E-state index contributed by atoms with van der Waals surface area (Å²) < 4.78 is 6.98. The molecule has 0 bridgehead atoms. The highest BCUT2D eigenvalue weighted by Gasteiger charge is 2.24. The molecule has 1 aromatic carbocycles. The van der Waals surface area contributed by atoms with Gasteiger partial charge in [0, 0.05) is 22.0 Å². The average molecular weight is 462 g/mol. The van der Waals surface area contributed by atoms with Gasteiger partial charge in [-0.3, -0.25) is 4.79 Å². The van der Waals surface area contributed by atoms with Crippen LogP contribution in [0.3, 0.4) is 0 Å². The molecular formula is C26H27N3O3S. The monoisotopic (exact) mass is 461 g/mol. The lowest BCUT2D eigenvalue weighted by molar-refractivity contribution is -0.112. The lowest BCUT2D eigenvalue weighted by atomic mass is 10.1. The molecule has 7 heteroatoms. The molecule has 3 rings (SSSR count). The predicted octanol–water partition coefficient (Wildman–Crippen LogP) is 5.72. The van der Waals surface area contributed by atoms with Crippen LogP contribution in [-0.2, 0) is 9.53 Å². The van der Waals surface area contributed by atoms with Crippen molar-refractivity contribution < 1.29 is 14.3 Å². The maximum Gasteiger partial charge on any atom is 0.341 e. The van der Waals surface area contributed by atoms with Crippen molar-refractivity contribution in [2.75, 3.05) is 12.4 Å². The number of nitrogens with zero attached hydrogens (tertiary/aromatic N) is 2. The van der Waals surface area contributed by atoms with E-state index in [0.29, 0.717) is 11.3 Å². The van der Waals surface area contributed by atoms with E-state index in [1.165, 1.54) is 18.4 Å². The number of thiophene rings is 1. The molecule has 0 spiro atoms. The van der Waals surface area contributed by atoms with E-state index in [9.17, 15) is 14.9 Å². The van der Waals surface area contributed by atoms with Crippen molar-refractivity contribution >= 4 is 35.0 Å². The summed E-state index contributed by atoms with van der Waals surface area (Å²) in [5.41, 5.74) is 6.69. The number of aryl methyl sites for hydroxylation is 4. The van der Waals surface area contributed by atoms with Gasteiger partial charge in [-0.2, -0.15) is 5.26 Å². The fourth-order valence-corrected chi connectivity index (χ4v) is 4.93. The van der Waals surface area contributed by atoms with Crippen LogP contribution in [0.15, 0.2) is 29.8 Å². The first-order valence-electron chi connectivity index (χ1n) is 10.5. The maximum atomic E-state index is 12.8. The van der Waals surface area contributed by atoms with E-state index in [-0.39, 0.29) is 11.5 Å². The predicted molar refractivity (Wildman–Crippen MR) is 132 cm³/mol. The minimum atomic E-state index is -0.469. The van der Waals surface area contributed by atoms with Gasteiger partial charge in [0.2, 0.25) is 0 Å². The van der Waals surface area contributed by atoms with Crippen LogP contribution in [0.25, 0.3) is 11.1 Å². The molecule has 0 aliphatic rings. The molecule has 0 aliphatic heterocycles. The van der Waals surface area contributed by atoms with Crippen LogP contribution in [0, 0.1) is 52.9 Å². The molecule has 0 radical (unpaired) electrons. The van der Waals surface area contributed by atoms with Gasteiger partial charge in [0.1, 0.15) is 16.6 Å². The highest BCUT2D eigenvalue weighted by Crippen LogP contribution is 2.35. The molecule has 3 aromatic rings. The van der Waals surface area contributed by atoms with E-state index in [0.717, 1.165) is 43.5 Å². The van der Waals surface area contributed by atoms with Crippen molar-refractivity contribution in [1.82, 2.24) is 4.57 Å². The van der Waals surface area contributed by atoms with Crippen molar-refractivity contribution in [2.45, 2.75) is 41.5 Å². The van der Waals surface area contributed by atoms with Crippen molar-refractivity contribution in [3.05, 3.63) is 73.9 Å². The molecular weight excluding hydrogens is 434 g/mol. The second kappa shape index (κ2) is 9.47. The standard InChI is InChI=1S/C26H27N3O3S/c1-14-8-9-22(10-15(14)2)28-24(30)21(13-27)12-20-11-16(3)29(18(20)5)25-23(26(31)32-7)17(4)19(6)33-25/h8-12H,1-7H3,(H,28,30)/b21-12+. The summed E-state index contributed by atoms with van der Waals surface area (Å²) in [6, 6.07) is 9.54. The number of benzene rings is 1. The number of esters is 1. The molecule has 0 aliphatic carbocycles. The fourth-order valence-electron chi connectivity index (χ4n) is 3.68. The summed E-state index contributed by atoms with van der Waals surface area (Å²) in [5, 5.41) is 13.2. The number of aromatic nitrogens is 1. The number of nitrogens with one attached hydrogen (secondary N) is 1. The zero-order chi connectivity index (χ0) is 24.4. The highest BCUT2D eigenvalue weighted by atomic mass is 32.1. The Morgan fingerprint density at radius 1 is 1.09 bits per heavy atom. The van der Waals surface area contributed by atoms with E-state index in [1.54, 1.807) is 6.08 Å². The Morgan fingerprint density at radius 2 is 1.79 bits per heavy atom. The second-order valence-corrected chi connectivity index (χ2v) is 9.24. The molecule has 0 unspecified atom stereocenters. The van der Waals surface area contributed by atoms with Crippen molar-refractivity contribution in [3.63, 3.8) is 0 Å². The molecule has 0 saturated carbocycles. The van der Waals surface area contributed by atoms with Crippen molar-refractivity contribution in [3.8, 4) is 11.1 Å². The van der Waals surface area contributed by atoms with Gasteiger partial charge in [-0.1, -0.05) is 6.07 Å². The van der Waals surface area contributed by atoms with Gasteiger partial charge in [0.25, 0.3) is 5.91 Å². The van der Waals surface area contributed by atoms with E-state index >= 15 is 0 Å². The summed E-state index contributed by atoms with van der Waals surface area (Å²) in [6.45, 7) is 11.7. The molecule has 1 N–H and O–H groups in total. The summed E-state index contributed by atoms with van der Waals surface area (Å²) in [4.78, 5) is 26.3. The van der Waals surface area contributed by atoms with Crippen LogP contribution in [0.5, 0.6) is 0 Å². The first kappa shape index (κ1) is 24.0. The second-order valence-electron chi connectivity index (χ2n) is 8.04. The minimum absolute atomic E-state index is 0.000195. The third kappa shape index (κ3) is 4.62. The molecule has 170 valence electrons. The molecule has 0 atom stereocenters. The van der Waals surface area contributed by atoms with Gasteiger partial charge < -0.3 is 14.6 Å². The number of methoxy groups -OCH3 is 1. The first-order chi connectivity index (χ1) is 15.6. The Bertz CT molecular complexity index is 1340. The Morgan fingerprint density at radius 3 is 2.39 bits per heavy atom. The Kier molecular flexibility index (Phi) is 6.89. The maximum absolute atomic E-state index is 12.8. The van der Waals surface area contributed by atoms with Gasteiger partial charge in [0.05, 0.1) is 12.7 Å². The third-order valence-corrected chi connectivity index (χ3v) is 7.05. The lowest BCUT2D eigenvalue weighted by Gasteiger charge is -2.10. The Hall–Kier alpha value is -3.63. The van der Waals surface area contributed by atoms with E-state index in [4.69, 9.17) is 4.74 Å². The fraction of sp³-hybridized carbons (Fsp3) is 0.269. The number of carbonyl (C=O) groups is 2. The number of carbonyl (C=O) groups excluding carboxylic acids is 2. The molecule has 0 fully saturated rings. The Labute approximate surface area is 198 Å². The summed E-state index contributed by atoms with van der Waals surface area (Å²) >= 11 is 1.51. The van der Waals surface area contributed by atoms with E-state index < -0.39 is 5.91 Å². The van der Waals surface area contributed by atoms with Crippen LogP contribution in [0.2, 0.25) is 0 Å². The quantitative estimate of drug-likeness (QED) is 0.299. The molecule has 0 saturated heterocycles.